The number of fused-ring (bicyclic) bond motifs is 1. The molecule has 102 valence electrons. The highest BCUT2D eigenvalue weighted by molar-refractivity contribution is 6.04. The third-order valence-corrected chi connectivity index (χ3v) is 3.84. The highest BCUT2D eigenvalue weighted by Crippen LogP contribution is 2.23. The number of carboxylic acid groups (broad SMARTS) is 1. The summed E-state index contributed by atoms with van der Waals surface area (Å²) in [4.78, 5) is 24.9. The molecule has 1 heterocycles. The minimum Gasteiger partial charge on any atom is -0.465 e. The van der Waals surface area contributed by atoms with Crippen molar-refractivity contribution in [2.75, 3.05) is 6.54 Å². The van der Waals surface area contributed by atoms with Crippen LogP contribution in [0.15, 0.2) is 42.5 Å². The van der Waals surface area contributed by atoms with Gasteiger partial charge in [0.1, 0.15) is 0 Å². The molecule has 0 unspecified atom stereocenters. The fourth-order valence-electron chi connectivity index (χ4n) is 2.80. The molecule has 2 aromatic rings. The van der Waals surface area contributed by atoms with Crippen LogP contribution < -0.4 is 0 Å². The second-order valence-corrected chi connectivity index (χ2v) is 5.06. The van der Waals surface area contributed by atoms with E-state index in [2.05, 4.69) is 0 Å². The molecule has 1 atom stereocenters. The van der Waals surface area contributed by atoms with E-state index in [0.717, 1.165) is 17.2 Å². The summed E-state index contributed by atoms with van der Waals surface area (Å²) in [5.41, 5.74) is 0.585. The van der Waals surface area contributed by atoms with E-state index in [9.17, 15) is 9.59 Å². The number of Topliss-reactive ketones (excluding diaryl/α,β-unsaturated/α-hetero) is 1. The van der Waals surface area contributed by atoms with Gasteiger partial charge in [0.2, 0.25) is 0 Å². The Balaban J connectivity index is 1.94. The Morgan fingerprint density at radius 3 is 2.60 bits per heavy atom. The molecule has 0 aromatic heterocycles. The molecule has 1 aliphatic heterocycles. The Morgan fingerprint density at radius 2 is 1.85 bits per heavy atom. The molecule has 0 radical (unpaired) electrons. The number of likely N-dealkylation sites (tertiary alicyclic amines) is 1. The first-order valence-electron chi connectivity index (χ1n) is 6.69. The molecule has 0 aliphatic carbocycles. The molecule has 3 rings (SSSR count). The van der Waals surface area contributed by atoms with Crippen LogP contribution >= 0.6 is 0 Å². The van der Waals surface area contributed by atoms with Gasteiger partial charge in [0, 0.05) is 12.1 Å². The van der Waals surface area contributed by atoms with Gasteiger partial charge in [-0.2, -0.15) is 0 Å². The van der Waals surface area contributed by atoms with E-state index < -0.39 is 12.1 Å². The summed E-state index contributed by atoms with van der Waals surface area (Å²) >= 11 is 0. The predicted molar refractivity (Wildman–Crippen MR) is 76.0 cm³/mol. The summed E-state index contributed by atoms with van der Waals surface area (Å²) in [5, 5.41) is 11.2. The number of benzene rings is 2. The van der Waals surface area contributed by atoms with Gasteiger partial charge >= 0.3 is 6.09 Å². The Labute approximate surface area is 116 Å². The summed E-state index contributed by atoms with van der Waals surface area (Å²) in [6.07, 6.45) is 0.343. The molecule has 0 saturated carbocycles. The lowest BCUT2D eigenvalue weighted by Gasteiger charge is -2.20. The molecule has 20 heavy (non-hydrogen) atoms. The van der Waals surface area contributed by atoms with Crippen molar-refractivity contribution in [3.05, 3.63) is 48.0 Å². The van der Waals surface area contributed by atoms with Gasteiger partial charge < -0.3 is 5.11 Å². The highest BCUT2D eigenvalue weighted by Gasteiger charge is 2.34. The van der Waals surface area contributed by atoms with Crippen LogP contribution in [0.4, 0.5) is 4.79 Å². The Morgan fingerprint density at radius 1 is 1.10 bits per heavy atom. The number of ketones is 1. The summed E-state index contributed by atoms with van der Waals surface area (Å²) in [5.74, 6) is -0.101. The van der Waals surface area contributed by atoms with Gasteiger partial charge in [-0.3, -0.25) is 9.69 Å². The second-order valence-electron chi connectivity index (χ2n) is 5.06. The zero-order valence-electron chi connectivity index (χ0n) is 11.0. The van der Waals surface area contributed by atoms with E-state index in [0.29, 0.717) is 18.5 Å². The first-order chi connectivity index (χ1) is 9.66. The lowest BCUT2D eigenvalue weighted by atomic mass is 9.99. The maximum atomic E-state index is 12.5. The van der Waals surface area contributed by atoms with Crippen LogP contribution in [0.3, 0.4) is 0 Å². The van der Waals surface area contributed by atoms with Gasteiger partial charge in [-0.05, 0) is 29.7 Å². The first-order valence-corrected chi connectivity index (χ1v) is 6.69. The quantitative estimate of drug-likeness (QED) is 0.852. The van der Waals surface area contributed by atoms with Crippen molar-refractivity contribution in [1.82, 2.24) is 4.90 Å². The molecule has 4 nitrogen and oxygen atoms in total. The second kappa shape index (κ2) is 4.96. The van der Waals surface area contributed by atoms with E-state index in [1.54, 1.807) is 6.07 Å². The Kier molecular flexibility index (Phi) is 3.14. The van der Waals surface area contributed by atoms with E-state index in [4.69, 9.17) is 5.11 Å². The van der Waals surface area contributed by atoms with Crippen LogP contribution in [-0.2, 0) is 0 Å². The van der Waals surface area contributed by atoms with Gasteiger partial charge in [0.25, 0.3) is 0 Å². The molecule has 1 fully saturated rings. The van der Waals surface area contributed by atoms with Crippen molar-refractivity contribution < 1.29 is 14.7 Å². The topological polar surface area (TPSA) is 57.6 Å². The maximum absolute atomic E-state index is 12.5. The smallest absolute Gasteiger partial charge is 0.407 e. The molecule has 4 heteroatoms. The van der Waals surface area contributed by atoms with Crippen LogP contribution in [0.5, 0.6) is 0 Å². The van der Waals surface area contributed by atoms with Crippen molar-refractivity contribution >= 4 is 22.6 Å². The monoisotopic (exact) mass is 269 g/mol. The van der Waals surface area contributed by atoms with Crippen molar-refractivity contribution in [2.45, 2.75) is 18.9 Å². The number of carbonyl (C=O) groups is 2. The van der Waals surface area contributed by atoms with Crippen LogP contribution in [0.1, 0.15) is 23.2 Å². The molecule has 0 bridgehead atoms. The predicted octanol–water partition coefficient (Wildman–Crippen LogP) is 3.16. The van der Waals surface area contributed by atoms with Crippen LogP contribution in [-0.4, -0.2) is 34.5 Å². The van der Waals surface area contributed by atoms with E-state index in [-0.39, 0.29) is 5.78 Å². The van der Waals surface area contributed by atoms with Gasteiger partial charge in [-0.25, -0.2) is 4.79 Å². The molecular formula is C16H15NO3. The number of carbonyl (C=O) groups excluding carboxylic acids is 1. The summed E-state index contributed by atoms with van der Waals surface area (Å²) < 4.78 is 0. The first kappa shape index (κ1) is 12.7. The third-order valence-electron chi connectivity index (χ3n) is 3.84. The zero-order chi connectivity index (χ0) is 14.1. The SMILES string of the molecule is O=C(c1ccc2ccccc2c1)[C@@H]1CCCN1C(=O)O. The van der Waals surface area contributed by atoms with Crippen LogP contribution in [0, 0.1) is 0 Å². The zero-order valence-corrected chi connectivity index (χ0v) is 11.0. The van der Waals surface area contributed by atoms with Crippen LogP contribution in [0.25, 0.3) is 10.8 Å². The van der Waals surface area contributed by atoms with E-state index in [1.165, 1.54) is 4.90 Å². The van der Waals surface area contributed by atoms with Gasteiger partial charge in [-0.15, -0.1) is 0 Å². The lowest BCUT2D eigenvalue weighted by Crippen LogP contribution is -2.39. The largest absolute Gasteiger partial charge is 0.465 e. The van der Waals surface area contributed by atoms with Crippen molar-refractivity contribution in [3.63, 3.8) is 0 Å². The van der Waals surface area contributed by atoms with E-state index >= 15 is 0 Å². The van der Waals surface area contributed by atoms with Gasteiger partial charge in [0.15, 0.2) is 5.78 Å². The van der Waals surface area contributed by atoms with Crippen molar-refractivity contribution in [1.29, 1.82) is 0 Å². The average Bonchev–Trinajstić information content (AvgIpc) is 2.95. The normalized spacial score (nSPS) is 18.4. The van der Waals surface area contributed by atoms with Crippen LogP contribution in [0.2, 0.25) is 0 Å². The lowest BCUT2D eigenvalue weighted by molar-refractivity contribution is 0.0845. The standard InChI is InChI=1S/C16H15NO3/c18-15(14-6-3-9-17(14)16(19)20)13-8-7-11-4-1-2-5-12(11)10-13/h1-2,4-5,7-8,10,14H,3,6,9H2,(H,19,20)/t14-/m0/s1. The molecule has 1 amide bonds. The fourth-order valence-corrected chi connectivity index (χ4v) is 2.80. The molecule has 0 spiro atoms. The summed E-state index contributed by atoms with van der Waals surface area (Å²) in [6.45, 7) is 0.444. The highest BCUT2D eigenvalue weighted by atomic mass is 16.4. The maximum Gasteiger partial charge on any atom is 0.407 e. The minimum atomic E-state index is -1.01. The molecule has 1 saturated heterocycles. The third kappa shape index (κ3) is 2.13. The summed E-state index contributed by atoms with van der Waals surface area (Å²) in [6, 6.07) is 12.8. The van der Waals surface area contributed by atoms with Gasteiger partial charge in [0.05, 0.1) is 6.04 Å². The number of amides is 1. The van der Waals surface area contributed by atoms with Crippen molar-refractivity contribution in [2.24, 2.45) is 0 Å². The van der Waals surface area contributed by atoms with Crippen molar-refractivity contribution in [3.8, 4) is 0 Å². The van der Waals surface area contributed by atoms with Gasteiger partial charge in [-0.1, -0.05) is 36.4 Å². The number of hydrogen-bond donors (Lipinski definition) is 1. The molecule has 1 N–H and O–H groups in total. The molecular weight excluding hydrogens is 254 g/mol. The Hall–Kier alpha value is -2.36. The minimum absolute atomic E-state index is 0.101. The fraction of sp³-hybridized carbons (Fsp3) is 0.250. The number of nitrogens with zero attached hydrogens (tertiary/aromatic N) is 1. The summed E-state index contributed by atoms with van der Waals surface area (Å²) in [7, 11) is 0. The molecule has 1 aliphatic rings. The molecule has 2 aromatic carbocycles. The number of rotatable bonds is 2. The number of hydrogen-bond acceptors (Lipinski definition) is 2. The average molecular weight is 269 g/mol. The van der Waals surface area contributed by atoms with E-state index in [1.807, 2.05) is 36.4 Å². The Bertz CT molecular complexity index is 680.